The van der Waals surface area contributed by atoms with E-state index in [1.807, 2.05) is 0 Å². The van der Waals surface area contributed by atoms with Crippen molar-refractivity contribution < 1.29 is 9.90 Å². The first-order valence-electron chi connectivity index (χ1n) is 5.54. The Labute approximate surface area is 106 Å². The molecule has 2 aromatic heterocycles. The topological polar surface area (TPSA) is 104 Å². The number of hydrogen-bond donors (Lipinski definition) is 3. The van der Waals surface area contributed by atoms with Crippen molar-refractivity contribution in [3.63, 3.8) is 0 Å². The summed E-state index contributed by atoms with van der Waals surface area (Å²) >= 11 is 0. The van der Waals surface area contributed by atoms with Gasteiger partial charge in [0.05, 0.1) is 16.7 Å². The molecule has 0 radical (unpaired) electrons. The summed E-state index contributed by atoms with van der Waals surface area (Å²) in [5.74, 6) is -1.03. The van der Waals surface area contributed by atoms with Crippen LogP contribution in [0.1, 0.15) is 10.5 Å². The van der Waals surface area contributed by atoms with Crippen LogP contribution in [-0.2, 0) is 7.05 Å². The number of aromatic amines is 2. The van der Waals surface area contributed by atoms with Gasteiger partial charge in [-0.05, 0) is 18.2 Å². The van der Waals surface area contributed by atoms with Crippen LogP contribution in [0.4, 0.5) is 0 Å². The number of fused-ring (bicyclic) bond motifs is 1. The maximum absolute atomic E-state index is 11.2. The molecule has 3 rings (SSSR count). The van der Waals surface area contributed by atoms with E-state index in [2.05, 4.69) is 15.1 Å². The largest absolute Gasteiger partial charge is 0.477 e. The number of nitrogens with one attached hydrogen (secondary N) is 2. The summed E-state index contributed by atoms with van der Waals surface area (Å²) < 4.78 is 1.31. The number of aromatic carboxylic acids is 1. The van der Waals surface area contributed by atoms with Gasteiger partial charge in [-0.15, -0.1) is 0 Å². The predicted octanol–water partition coefficient (Wildman–Crippen LogP) is 0.955. The molecule has 0 saturated carbocycles. The van der Waals surface area contributed by atoms with E-state index in [0.29, 0.717) is 16.7 Å². The van der Waals surface area contributed by atoms with Gasteiger partial charge in [-0.1, -0.05) is 6.07 Å². The Hall–Kier alpha value is -2.83. The number of carbonyl (C=O) groups is 1. The van der Waals surface area contributed by atoms with Gasteiger partial charge in [0.2, 0.25) is 0 Å². The Bertz CT molecular complexity index is 840. The second kappa shape index (κ2) is 3.84. The van der Waals surface area contributed by atoms with Gasteiger partial charge in [-0.3, -0.25) is 4.68 Å². The first kappa shape index (κ1) is 11.3. The Morgan fingerprint density at radius 1 is 1.26 bits per heavy atom. The molecule has 0 bridgehead atoms. The quantitative estimate of drug-likeness (QED) is 0.636. The third-order valence-corrected chi connectivity index (χ3v) is 2.91. The van der Waals surface area contributed by atoms with Crippen molar-refractivity contribution in [3.8, 4) is 11.3 Å². The number of H-pyrrole nitrogens is 2. The van der Waals surface area contributed by atoms with Crippen molar-refractivity contribution in [2.45, 2.75) is 0 Å². The van der Waals surface area contributed by atoms with Gasteiger partial charge in [-0.2, -0.15) is 5.10 Å². The molecule has 2 heterocycles. The van der Waals surface area contributed by atoms with Crippen LogP contribution in [0, 0.1) is 0 Å². The zero-order valence-electron chi connectivity index (χ0n) is 9.97. The van der Waals surface area contributed by atoms with Crippen LogP contribution >= 0.6 is 0 Å². The molecular weight excluding hydrogens is 248 g/mol. The third-order valence-electron chi connectivity index (χ3n) is 2.91. The molecule has 0 aliphatic carbocycles. The summed E-state index contributed by atoms with van der Waals surface area (Å²) in [4.78, 5) is 27.4. The van der Waals surface area contributed by atoms with Gasteiger partial charge < -0.3 is 15.1 Å². The monoisotopic (exact) mass is 258 g/mol. The van der Waals surface area contributed by atoms with Gasteiger partial charge in [0.1, 0.15) is 5.69 Å². The van der Waals surface area contributed by atoms with Crippen molar-refractivity contribution >= 4 is 17.0 Å². The van der Waals surface area contributed by atoms with Crippen molar-refractivity contribution in [1.82, 2.24) is 19.7 Å². The van der Waals surface area contributed by atoms with Gasteiger partial charge in [0, 0.05) is 12.6 Å². The maximum atomic E-state index is 11.2. The summed E-state index contributed by atoms with van der Waals surface area (Å²) in [6, 6.07) is 6.77. The summed E-state index contributed by atoms with van der Waals surface area (Å²) in [5.41, 5.74) is 2.47. The van der Waals surface area contributed by atoms with E-state index >= 15 is 0 Å². The molecule has 0 aliphatic heterocycles. The lowest BCUT2D eigenvalue weighted by atomic mass is 10.1. The third kappa shape index (κ3) is 1.81. The van der Waals surface area contributed by atoms with E-state index in [9.17, 15) is 9.59 Å². The fourth-order valence-corrected chi connectivity index (χ4v) is 2.00. The molecule has 3 aromatic rings. The molecule has 19 heavy (non-hydrogen) atoms. The minimum Gasteiger partial charge on any atom is -0.477 e. The minimum absolute atomic E-state index is 0.109. The lowest BCUT2D eigenvalue weighted by Gasteiger charge is -1.96. The zero-order valence-corrected chi connectivity index (χ0v) is 9.97. The lowest BCUT2D eigenvalue weighted by molar-refractivity contribution is 0.0685. The molecule has 0 amide bonds. The van der Waals surface area contributed by atoms with Crippen LogP contribution in [-0.4, -0.2) is 30.8 Å². The first-order chi connectivity index (χ1) is 9.04. The molecule has 0 unspecified atom stereocenters. The van der Waals surface area contributed by atoms with E-state index in [1.165, 1.54) is 10.7 Å². The fourth-order valence-electron chi connectivity index (χ4n) is 2.00. The molecule has 0 spiro atoms. The van der Waals surface area contributed by atoms with Gasteiger partial charge in [-0.25, -0.2) is 9.59 Å². The molecule has 0 atom stereocenters. The van der Waals surface area contributed by atoms with Crippen LogP contribution in [0.5, 0.6) is 0 Å². The van der Waals surface area contributed by atoms with Crippen LogP contribution < -0.4 is 5.69 Å². The number of hydrogen-bond acceptors (Lipinski definition) is 3. The molecule has 0 aliphatic rings. The summed E-state index contributed by atoms with van der Waals surface area (Å²) in [7, 11) is 1.57. The van der Waals surface area contributed by atoms with Crippen molar-refractivity contribution in [1.29, 1.82) is 0 Å². The molecule has 1 aromatic carbocycles. The standard InChI is InChI=1S/C12H10N4O3/c1-16-10(11(17)18)5-8(15-16)6-2-3-7-9(4-6)14-12(19)13-7/h2-5H,1H3,(H,17,18)(H2,13,14,19). The van der Waals surface area contributed by atoms with Crippen molar-refractivity contribution in [2.24, 2.45) is 7.05 Å². The Morgan fingerprint density at radius 2 is 2.00 bits per heavy atom. The molecule has 7 nitrogen and oxygen atoms in total. The normalized spacial score (nSPS) is 11.0. The molecule has 96 valence electrons. The highest BCUT2D eigenvalue weighted by Gasteiger charge is 2.13. The summed E-state index contributed by atoms with van der Waals surface area (Å²) in [5, 5.41) is 13.1. The van der Waals surface area contributed by atoms with E-state index in [4.69, 9.17) is 5.11 Å². The summed E-state index contributed by atoms with van der Waals surface area (Å²) in [6.07, 6.45) is 0. The van der Waals surface area contributed by atoms with Crippen molar-refractivity contribution in [2.75, 3.05) is 0 Å². The highest BCUT2D eigenvalue weighted by Crippen LogP contribution is 2.21. The number of imidazole rings is 1. The number of carboxylic acids is 1. The fraction of sp³-hybridized carbons (Fsp3) is 0.0833. The van der Waals surface area contributed by atoms with Crippen molar-refractivity contribution in [3.05, 3.63) is 40.4 Å². The van der Waals surface area contributed by atoms with E-state index in [-0.39, 0.29) is 11.4 Å². The van der Waals surface area contributed by atoms with Crippen LogP contribution in [0.25, 0.3) is 22.3 Å². The van der Waals surface area contributed by atoms with Gasteiger partial charge in [0.25, 0.3) is 0 Å². The number of rotatable bonds is 2. The average molecular weight is 258 g/mol. The Kier molecular flexibility index (Phi) is 2.28. The lowest BCUT2D eigenvalue weighted by Crippen LogP contribution is -2.04. The molecular formula is C12H10N4O3. The number of aryl methyl sites for hydroxylation is 1. The highest BCUT2D eigenvalue weighted by atomic mass is 16.4. The number of aromatic nitrogens is 4. The van der Waals surface area contributed by atoms with Crippen LogP contribution in [0.15, 0.2) is 29.1 Å². The van der Waals surface area contributed by atoms with Gasteiger partial charge >= 0.3 is 11.7 Å². The van der Waals surface area contributed by atoms with Gasteiger partial charge in [0.15, 0.2) is 0 Å². The SMILES string of the molecule is Cn1nc(-c2ccc3[nH]c(=O)[nH]c3c2)cc1C(=O)O. The highest BCUT2D eigenvalue weighted by molar-refractivity contribution is 5.88. The first-order valence-corrected chi connectivity index (χ1v) is 5.54. The zero-order chi connectivity index (χ0) is 13.6. The molecule has 3 N–H and O–H groups in total. The van der Waals surface area contributed by atoms with Crippen LogP contribution in [0.3, 0.4) is 0 Å². The van der Waals surface area contributed by atoms with Crippen LogP contribution in [0.2, 0.25) is 0 Å². The minimum atomic E-state index is -1.03. The number of nitrogens with zero attached hydrogens (tertiary/aromatic N) is 2. The van der Waals surface area contributed by atoms with E-state index in [1.54, 1.807) is 25.2 Å². The molecule has 0 saturated heterocycles. The van der Waals surface area contributed by atoms with E-state index in [0.717, 1.165) is 5.56 Å². The second-order valence-corrected chi connectivity index (χ2v) is 4.18. The molecule has 7 heteroatoms. The average Bonchev–Trinajstić information content (AvgIpc) is 2.89. The second-order valence-electron chi connectivity index (χ2n) is 4.18. The maximum Gasteiger partial charge on any atom is 0.354 e. The Balaban J connectivity index is 2.15. The molecule has 0 fully saturated rings. The summed E-state index contributed by atoms with van der Waals surface area (Å²) in [6.45, 7) is 0. The smallest absolute Gasteiger partial charge is 0.354 e. The Morgan fingerprint density at radius 3 is 2.68 bits per heavy atom. The predicted molar refractivity (Wildman–Crippen MR) is 68.1 cm³/mol. The van der Waals surface area contributed by atoms with E-state index < -0.39 is 5.97 Å². The number of carboxylic acid groups (broad SMARTS) is 1. The number of benzene rings is 1.